The monoisotopic (exact) mass is 192 g/mol. The number of nitrogens with two attached hydrogens (primary N) is 1. The molecule has 0 aliphatic carbocycles. The molecule has 4 nitrogen and oxygen atoms in total. The fourth-order valence-electron chi connectivity index (χ4n) is 1.97. The molecule has 2 N–H and O–H groups in total. The van der Waals surface area contributed by atoms with E-state index in [1.165, 1.54) is 12.8 Å². The molecule has 1 saturated heterocycles. The van der Waals surface area contributed by atoms with E-state index < -0.39 is 0 Å². The maximum atomic E-state index is 5.64. The van der Waals surface area contributed by atoms with Crippen molar-refractivity contribution in [3.8, 4) is 0 Å². The molecule has 14 heavy (non-hydrogen) atoms. The van der Waals surface area contributed by atoms with Crippen LogP contribution in [0.1, 0.15) is 26.7 Å². The lowest BCUT2D eigenvalue weighted by molar-refractivity contribution is 0.510. The molecule has 4 heteroatoms. The van der Waals surface area contributed by atoms with Crippen LogP contribution in [-0.4, -0.2) is 22.1 Å². The Morgan fingerprint density at radius 2 is 2.29 bits per heavy atom. The SMILES string of the molecule is CC1(C)CCCN1c1nccc(N)n1. The third-order valence-electron chi connectivity index (χ3n) is 2.81. The Kier molecular flexibility index (Phi) is 2.06. The maximum absolute atomic E-state index is 5.64. The fourth-order valence-corrected chi connectivity index (χ4v) is 1.97. The molecule has 0 radical (unpaired) electrons. The molecule has 0 saturated carbocycles. The predicted octanol–water partition coefficient (Wildman–Crippen LogP) is 1.44. The third-order valence-corrected chi connectivity index (χ3v) is 2.81. The first-order valence-corrected chi connectivity index (χ1v) is 4.96. The Morgan fingerprint density at radius 1 is 1.50 bits per heavy atom. The molecule has 0 amide bonds. The first kappa shape index (κ1) is 9.24. The Morgan fingerprint density at radius 3 is 2.86 bits per heavy atom. The van der Waals surface area contributed by atoms with Crippen molar-refractivity contribution in [2.75, 3.05) is 17.2 Å². The van der Waals surface area contributed by atoms with Gasteiger partial charge in [-0.05, 0) is 32.8 Å². The van der Waals surface area contributed by atoms with E-state index in [2.05, 4.69) is 28.7 Å². The van der Waals surface area contributed by atoms with Crippen LogP contribution < -0.4 is 10.6 Å². The van der Waals surface area contributed by atoms with Crippen molar-refractivity contribution in [3.63, 3.8) is 0 Å². The second-order valence-electron chi connectivity index (χ2n) is 4.35. The van der Waals surface area contributed by atoms with Gasteiger partial charge in [0.15, 0.2) is 0 Å². The molecule has 1 fully saturated rings. The highest BCUT2D eigenvalue weighted by Gasteiger charge is 2.33. The number of nitrogen functional groups attached to an aromatic ring is 1. The minimum absolute atomic E-state index is 0.161. The summed E-state index contributed by atoms with van der Waals surface area (Å²) in [5.41, 5.74) is 5.80. The molecule has 0 spiro atoms. The van der Waals surface area contributed by atoms with E-state index in [4.69, 9.17) is 5.73 Å². The smallest absolute Gasteiger partial charge is 0.227 e. The quantitative estimate of drug-likeness (QED) is 0.731. The molecule has 1 aromatic heterocycles. The van der Waals surface area contributed by atoms with Gasteiger partial charge in [0, 0.05) is 18.3 Å². The van der Waals surface area contributed by atoms with E-state index in [0.717, 1.165) is 12.5 Å². The highest BCUT2D eigenvalue weighted by atomic mass is 15.3. The lowest BCUT2D eigenvalue weighted by atomic mass is 10.0. The standard InChI is InChI=1S/C10H16N4/c1-10(2)5-3-7-14(10)9-12-6-4-8(11)13-9/h4,6H,3,5,7H2,1-2H3,(H2,11,12,13). The minimum Gasteiger partial charge on any atom is -0.384 e. The maximum Gasteiger partial charge on any atom is 0.227 e. The van der Waals surface area contributed by atoms with Crippen LogP contribution in [0.25, 0.3) is 0 Å². The summed E-state index contributed by atoms with van der Waals surface area (Å²) < 4.78 is 0. The Labute approximate surface area is 84.2 Å². The van der Waals surface area contributed by atoms with Gasteiger partial charge in [0.1, 0.15) is 5.82 Å². The van der Waals surface area contributed by atoms with Crippen molar-refractivity contribution < 1.29 is 0 Å². The summed E-state index contributed by atoms with van der Waals surface area (Å²) in [7, 11) is 0. The van der Waals surface area contributed by atoms with Crippen LogP contribution in [0.15, 0.2) is 12.3 Å². The van der Waals surface area contributed by atoms with Gasteiger partial charge in [0.25, 0.3) is 0 Å². The Bertz CT molecular complexity index is 335. The van der Waals surface area contributed by atoms with E-state index in [0.29, 0.717) is 5.82 Å². The van der Waals surface area contributed by atoms with E-state index in [-0.39, 0.29) is 5.54 Å². The summed E-state index contributed by atoms with van der Waals surface area (Å²) in [4.78, 5) is 10.7. The van der Waals surface area contributed by atoms with Gasteiger partial charge in [-0.3, -0.25) is 0 Å². The number of anilines is 2. The van der Waals surface area contributed by atoms with Gasteiger partial charge in [0.05, 0.1) is 0 Å². The summed E-state index contributed by atoms with van der Waals surface area (Å²) in [5, 5.41) is 0. The molecule has 0 aromatic carbocycles. The van der Waals surface area contributed by atoms with E-state index in [1.54, 1.807) is 12.3 Å². The number of hydrogen-bond donors (Lipinski definition) is 1. The molecule has 2 heterocycles. The average Bonchev–Trinajstić information content (AvgIpc) is 2.45. The van der Waals surface area contributed by atoms with Gasteiger partial charge in [-0.15, -0.1) is 0 Å². The fraction of sp³-hybridized carbons (Fsp3) is 0.600. The average molecular weight is 192 g/mol. The Balaban J connectivity index is 2.31. The summed E-state index contributed by atoms with van der Waals surface area (Å²) in [6.45, 7) is 5.45. The topological polar surface area (TPSA) is 55.0 Å². The predicted molar refractivity (Wildman–Crippen MR) is 57.1 cm³/mol. The van der Waals surface area contributed by atoms with Gasteiger partial charge in [-0.1, -0.05) is 0 Å². The third kappa shape index (κ3) is 1.52. The molecule has 2 rings (SSSR count). The second-order valence-corrected chi connectivity index (χ2v) is 4.35. The molecular formula is C10H16N4. The molecule has 1 aromatic rings. The lowest BCUT2D eigenvalue weighted by Gasteiger charge is -2.31. The molecular weight excluding hydrogens is 176 g/mol. The Hall–Kier alpha value is -1.32. The molecule has 1 aliphatic heterocycles. The summed E-state index contributed by atoms with van der Waals surface area (Å²) in [6, 6.07) is 1.71. The van der Waals surface area contributed by atoms with Gasteiger partial charge >= 0.3 is 0 Å². The normalized spacial score (nSPS) is 20.0. The van der Waals surface area contributed by atoms with Crippen molar-refractivity contribution in [3.05, 3.63) is 12.3 Å². The molecule has 0 unspecified atom stereocenters. The van der Waals surface area contributed by atoms with Crippen molar-refractivity contribution in [1.82, 2.24) is 9.97 Å². The lowest BCUT2D eigenvalue weighted by Crippen LogP contribution is -2.39. The van der Waals surface area contributed by atoms with Crippen LogP contribution in [0.2, 0.25) is 0 Å². The van der Waals surface area contributed by atoms with E-state index in [1.807, 2.05) is 0 Å². The molecule has 76 valence electrons. The first-order valence-electron chi connectivity index (χ1n) is 4.96. The number of nitrogens with zero attached hydrogens (tertiary/aromatic N) is 3. The van der Waals surface area contributed by atoms with Gasteiger partial charge in [-0.2, -0.15) is 4.98 Å². The first-order chi connectivity index (χ1) is 6.59. The van der Waals surface area contributed by atoms with E-state index in [9.17, 15) is 0 Å². The van der Waals surface area contributed by atoms with Crippen LogP contribution in [0.3, 0.4) is 0 Å². The van der Waals surface area contributed by atoms with Crippen molar-refractivity contribution in [1.29, 1.82) is 0 Å². The van der Waals surface area contributed by atoms with Crippen molar-refractivity contribution in [2.24, 2.45) is 0 Å². The zero-order chi connectivity index (χ0) is 10.2. The van der Waals surface area contributed by atoms with Crippen LogP contribution in [0, 0.1) is 0 Å². The van der Waals surface area contributed by atoms with Gasteiger partial charge in [0.2, 0.25) is 5.95 Å². The summed E-state index contributed by atoms with van der Waals surface area (Å²) in [5.74, 6) is 1.30. The van der Waals surface area contributed by atoms with Crippen LogP contribution in [0.5, 0.6) is 0 Å². The van der Waals surface area contributed by atoms with Gasteiger partial charge in [-0.25, -0.2) is 4.98 Å². The zero-order valence-corrected chi connectivity index (χ0v) is 8.70. The second kappa shape index (κ2) is 3.12. The van der Waals surface area contributed by atoms with Crippen LogP contribution >= 0.6 is 0 Å². The van der Waals surface area contributed by atoms with E-state index >= 15 is 0 Å². The summed E-state index contributed by atoms with van der Waals surface area (Å²) >= 11 is 0. The number of aromatic nitrogens is 2. The summed E-state index contributed by atoms with van der Waals surface area (Å²) in [6.07, 6.45) is 4.10. The highest BCUT2D eigenvalue weighted by molar-refractivity contribution is 5.41. The number of hydrogen-bond acceptors (Lipinski definition) is 4. The number of rotatable bonds is 1. The van der Waals surface area contributed by atoms with Crippen molar-refractivity contribution in [2.45, 2.75) is 32.2 Å². The largest absolute Gasteiger partial charge is 0.384 e. The van der Waals surface area contributed by atoms with Crippen LogP contribution in [-0.2, 0) is 0 Å². The van der Waals surface area contributed by atoms with Crippen LogP contribution in [0.4, 0.5) is 11.8 Å². The molecule has 0 atom stereocenters. The highest BCUT2D eigenvalue weighted by Crippen LogP contribution is 2.31. The van der Waals surface area contributed by atoms with Gasteiger partial charge < -0.3 is 10.6 Å². The molecule has 1 aliphatic rings. The zero-order valence-electron chi connectivity index (χ0n) is 8.70. The molecule has 0 bridgehead atoms. The van der Waals surface area contributed by atoms with Crippen molar-refractivity contribution >= 4 is 11.8 Å². The minimum atomic E-state index is 0.161.